The lowest BCUT2D eigenvalue weighted by atomic mass is 9.77. The Hall–Kier alpha value is -3.00. The zero-order valence-corrected chi connectivity index (χ0v) is 16.9. The summed E-state index contributed by atoms with van der Waals surface area (Å²) in [6.07, 6.45) is 4.59. The van der Waals surface area contributed by atoms with Crippen molar-refractivity contribution in [3.05, 3.63) is 58.8 Å². The molecule has 1 N–H and O–H groups in total. The summed E-state index contributed by atoms with van der Waals surface area (Å²) in [6, 6.07) is 9.15. The minimum atomic E-state index is -0.464. The van der Waals surface area contributed by atoms with Gasteiger partial charge in [-0.15, -0.1) is 0 Å². The number of carbonyl (C=O) groups is 1. The number of aliphatic hydroxyl groups excluding tert-OH is 1. The van der Waals surface area contributed by atoms with Crippen molar-refractivity contribution in [2.75, 3.05) is 13.1 Å². The Labute approximate surface area is 173 Å². The average Bonchev–Trinajstić information content (AvgIpc) is 3.41. The van der Waals surface area contributed by atoms with Crippen LogP contribution < -0.4 is 5.56 Å². The fraction of sp³-hybridized carbons (Fsp3) is 0.455. The first kappa shape index (κ1) is 19.0. The molecule has 1 aliphatic carbocycles. The summed E-state index contributed by atoms with van der Waals surface area (Å²) in [6.45, 7) is 3.06. The molecule has 0 bridgehead atoms. The number of fused-ring (bicyclic) bond motifs is 2. The van der Waals surface area contributed by atoms with Crippen molar-refractivity contribution in [3.8, 4) is 0 Å². The van der Waals surface area contributed by atoms with Crippen molar-refractivity contribution in [2.45, 2.75) is 38.5 Å². The molecule has 0 radical (unpaired) electrons. The number of aromatic nitrogens is 4. The molecule has 2 fully saturated rings. The number of amides is 1. The highest BCUT2D eigenvalue weighted by molar-refractivity contribution is 5.83. The first-order valence-corrected chi connectivity index (χ1v) is 10.4. The van der Waals surface area contributed by atoms with Crippen LogP contribution in [0.2, 0.25) is 0 Å². The molecule has 3 heterocycles. The zero-order chi connectivity index (χ0) is 20.8. The molecule has 1 aromatic carbocycles. The molecule has 0 spiro atoms. The Bertz CT molecular complexity index is 1140. The van der Waals surface area contributed by atoms with Gasteiger partial charge in [0.1, 0.15) is 6.54 Å². The summed E-state index contributed by atoms with van der Waals surface area (Å²) in [7, 11) is 0. The van der Waals surface area contributed by atoms with Crippen molar-refractivity contribution >= 4 is 16.7 Å². The molecule has 3 aromatic rings. The molecule has 5 rings (SSSR count). The van der Waals surface area contributed by atoms with Crippen molar-refractivity contribution in [1.29, 1.82) is 0 Å². The largest absolute Gasteiger partial charge is 0.391 e. The lowest BCUT2D eigenvalue weighted by Crippen LogP contribution is -2.36. The van der Waals surface area contributed by atoms with Crippen LogP contribution in [-0.4, -0.2) is 54.7 Å². The Balaban J connectivity index is 1.32. The van der Waals surface area contributed by atoms with Crippen molar-refractivity contribution in [1.82, 2.24) is 24.5 Å². The molecule has 2 aromatic heterocycles. The van der Waals surface area contributed by atoms with Gasteiger partial charge in [0.2, 0.25) is 5.91 Å². The third kappa shape index (κ3) is 3.21. The highest BCUT2D eigenvalue weighted by atomic mass is 16.3. The SMILES string of the molecule is Cc1nn(CC(=O)N2C[C@H]3C[C@@H](n4cccn4)[C@H](O)C[C@H]3C2)c(=O)c2ccccc12. The number of aryl methyl sites for hydroxylation is 1. The molecular weight excluding hydrogens is 382 g/mol. The Morgan fingerprint density at radius 1 is 1.13 bits per heavy atom. The van der Waals surface area contributed by atoms with Crippen LogP contribution in [0.25, 0.3) is 10.8 Å². The van der Waals surface area contributed by atoms with Crippen LogP contribution in [0.4, 0.5) is 0 Å². The second kappa shape index (κ2) is 7.36. The van der Waals surface area contributed by atoms with Gasteiger partial charge in [-0.2, -0.15) is 10.2 Å². The van der Waals surface area contributed by atoms with E-state index in [0.717, 1.165) is 17.5 Å². The molecule has 8 heteroatoms. The van der Waals surface area contributed by atoms with E-state index in [1.807, 2.05) is 47.0 Å². The molecule has 1 aliphatic heterocycles. The smallest absolute Gasteiger partial charge is 0.275 e. The molecule has 1 saturated heterocycles. The van der Waals surface area contributed by atoms with E-state index in [2.05, 4.69) is 10.2 Å². The number of aliphatic hydroxyl groups is 1. The van der Waals surface area contributed by atoms with Crippen LogP contribution >= 0.6 is 0 Å². The number of benzene rings is 1. The maximum Gasteiger partial charge on any atom is 0.275 e. The van der Waals surface area contributed by atoms with Gasteiger partial charge in [0.25, 0.3) is 5.56 Å². The number of likely N-dealkylation sites (tertiary alicyclic amines) is 1. The summed E-state index contributed by atoms with van der Waals surface area (Å²) in [5, 5.41) is 20.6. The Morgan fingerprint density at radius 3 is 2.60 bits per heavy atom. The van der Waals surface area contributed by atoms with E-state index < -0.39 is 6.10 Å². The second-order valence-electron chi connectivity index (χ2n) is 8.50. The minimum absolute atomic E-state index is 0.0521. The fourth-order valence-corrected chi connectivity index (χ4v) is 5.11. The van der Waals surface area contributed by atoms with Gasteiger partial charge in [0, 0.05) is 30.9 Å². The molecule has 30 heavy (non-hydrogen) atoms. The van der Waals surface area contributed by atoms with E-state index in [9.17, 15) is 14.7 Å². The van der Waals surface area contributed by atoms with E-state index in [1.54, 1.807) is 12.3 Å². The number of rotatable bonds is 3. The van der Waals surface area contributed by atoms with Crippen molar-refractivity contribution < 1.29 is 9.90 Å². The standard InChI is InChI=1S/C22H25N5O3/c1-14-17-5-2-3-6-18(17)22(30)27(24-14)13-21(29)25-11-15-9-19(26-8-4-7-23-26)20(28)10-16(15)12-25/h2-8,15-16,19-20,28H,9-13H2,1H3/t15-,16+,19-,20-/m1/s1. The van der Waals surface area contributed by atoms with Gasteiger partial charge in [0.15, 0.2) is 0 Å². The highest BCUT2D eigenvalue weighted by Gasteiger charge is 2.43. The molecule has 1 saturated carbocycles. The molecule has 2 aliphatic rings. The summed E-state index contributed by atoms with van der Waals surface area (Å²) < 4.78 is 3.11. The maximum absolute atomic E-state index is 13.0. The molecule has 8 nitrogen and oxygen atoms in total. The second-order valence-corrected chi connectivity index (χ2v) is 8.50. The topological polar surface area (TPSA) is 93.2 Å². The average molecular weight is 407 g/mol. The van der Waals surface area contributed by atoms with Crippen LogP contribution in [0.1, 0.15) is 24.6 Å². The highest BCUT2D eigenvalue weighted by Crippen LogP contribution is 2.41. The Kier molecular flexibility index (Phi) is 4.66. The van der Waals surface area contributed by atoms with Crippen molar-refractivity contribution in [2.24, 2.45) is 11.8 Å². The van der Waals surface area contributed by atoms with E-state index in [-0.39, 0.29) is 30.0 Å². The molecule has 156 valence electrons. The van der Waals surface area contributed by atoms with Gasteiger partial charge in [0.05, 0.1) is 23.2 Å². The van der Waals surface area contributed by atoms with Crippen molar-refractivity contribution in [3.63, 3.8) is 0 Å². The number of hydrogen-bond acceptors (Lipinski definition) is 5. The van der Waals surface area contributed by atoms with E-state index in [4.69, 9.17) is 0 Å². The van der Waals surface area contributed by atoms with Crippen LogP contribution in [0.15, 0.2) is 47.5 Å². The van der Waals surface area contributed by atoms with Crippen LogP contribution in [0, 0.1) is 18.8 Å². The number of hydrogen-bond donors (Lipinski definition) is 1. The van der Waals surface area contributed by atoms with Gasteiger partial charge in [-0.1, -0.05) is 18.2 Å². The molecule has 4 atom stereocenters. The summed E-state index contributed by atoms with van der Waals surface area (Å²) in [5.41, 5.74) is 0.494. The summed E-state index contributed by atoms with van der Waals surface area (Å²) in [4.78, 5) is 27.6. The number of carbonyl (C=O) groups excluding carboxylic acids is 1. The minimum Gasteiger partial charge on any atom is -0.391 e. The fourth-order valence-electron chi connectivity index (χ4n) is 5.11. The zero-order valence-electron chi connectivity index (χ0n) is 16.9. The monoisotopic (exact) mass is 407 g/mol. The van der Waals surface area contributed by atoms with E-state index in [1.165, 1.54) is 4.68 Å². The predicted molar refractivity (Wildman–Crippen MR) is 111 cm³/mol. The lowest BCUT2D eigenvalue weighted by molar-refractivity contribution is -0.131. The predicted octanol–water partition coefficient (Wildman–Crippen LogP) is 1.37. The first-order valence-electron chi connectivity index (χ1n) is 10.4. The maximum atomic E-state index is 13.0. The Morgan fingerprint density at radius 2 is 1.87 bits per heavy atom. The number of nitrogens with zero attached hydrogens (tertiary/aromatic N) is 5. The van der Waals surface area contributed by atoms with Crippen LogP contribution in [-0.2, 0) is 11.3 Å². The van der Waals surface area contributed by atoms with Gasteiger partial charge >= 0.3 is 0 Å². The first-order chi connectivity index (χ1) is 14.5. The van der Waals surface area contributed by atoms with Gasteiger partial charge in [-0.3, -0.25) is 14.3 Å². The van der Waals surface area contributed by atoms with Gasteiger partial charge in [-0.05, 0) is 43.7 Å². The van der Waals surface area contributed by atoms with Crippen LogP contribution in [0.5, 0.6) is 0 Å². The summed E-state index contributed by atoms with van der Waals surface area (Å²) in [5.74, 6) is 0.507. The third-order valence-electron chi connectivity index (χ3n) is 6.66. The van der Waals surface area contributed by atoms with E-state index in [0.29, 0.717) is 30.8 Å². The lowest BCUT2D eigenvalue weighted by Gasteiger charge is -2.35. The third-order valence-corrected chi connectivity index (χ3v) is 6.66. The van der Waals surface area contributed by atoms with E-state index >= 15 is 0 Å². The molecule has 1 amide bonds. The molecule has 0 unspecified atom stereocenters. The van der Waals surface area contributed by atoms with Gasteiger partial charge < -0.3 is 10.0 Å². The quantitative estimate of drug-likeness (QED) is 0.708. The normalized spacial score (nSPS) is 26.1. The molecular formula is C22H25N5O3. The van der Waals surface area contributed by atoms with Crippen LogP contribution in [0.3, 0.4) is 0 Å². The summed E-state index contributed by atoms with van der Waals surface area (Å²) >= 11 is 0. The van der Waals surface area contributed by atoms with Gasteiger partial charge in [-0.25, -0.2) is 4.68 Å².